The Balaban J connectivity index is 2.07. The van der Waals surface area contributed by atoms with E-state index >= 15 is 0 Å². The zero-order valence-corrected chi connectivity index (χ0v) is 12.3. The summed E-state index contributed by atoms with van der Waals surface area (Å²) in [7, 11) is 0. The Kier molecular flexibility index (Phi) is 5.09. The lowest BCUT2D eigenvalue weighted by Gasteiger charge is -2.04. The van der Waals surface area contributed by atoms with Crippen LogP contribution in [0.5, 0.6) is 0 Å². The van der Waals surface area contributed by atoms with E-state index in [2.05, 4.69) is 17.2 Å². The molecule has 0 saturated carbocycles. The Morgan fingerprint density at radius 2 is 2.24 bits per heavy atom. The minimum Gasteiger partial charge on any atom is -0.395 e. The van der Waals surface area contributed by atoms with Gasteiger partial charge in [-0.3, -0.25) is 4.79 Å². The molecule has 0 atom stereocenters. The zero-order valence-electron chi connectivity index (χ0n) is 11.4. The van der Waals surface area contributed by atoms with Gasteiger partial charge in [-0.2, -0.15) is 0 Å². The summed E-state index contributed by atoms with van der Waals surface area (Å²) in [5.41, 5.74) is 1.43. The molecule has 0 aliphatic carbocycles. The molecule has 1 aromatic carbocycles. The Morgan fingerprint density at radius 1 is 1.43 bits per heavy atom. The Morgan fingerprint density at radius 3 is 2.95 bits per heavy atom. The number of hydrogen-bond donors (Lipinski definition) is 2. The average Bonchev–Trinajstić information content (AvgIpc) is 2.92. The monoisotopic (exact) mass is 303 g/mol. The molecule has 5 heteroatoms. The minimum atomic E-state index is -0.353. The number of aliphatic hydroxyl groups is 1. The third-order valence-corrected chi connectivity index (χ3v) is 3.59. The van der Waals surface area contributed by atoms with Crippen LogP contribution < -0.4 is 5.32 Å². The van der Waals surface area contributed by atoms with Gasteiger partial charge in [-0.15, -0.1) is 11.3 Å². The first-order valence-electron chi connectivity index (χ1n) is 6.36. The van der Waals surface area contributed by atoms with Crippen LogP contribution in [0, 0.1) is 24.6 Å². The van der Waals surface area contributed by atoms with Crippen LogP contribution in [0.25, 0.3) is 0 Å². The fraction of sp³-hybridized carbons (Fsp3) is 0.188. The van der Waals surface area contributed by atoms with Crippen LogP contribution >= 0.6 is 11.3 Å². The van der Waals surface area contributed by atoms with Gasteiger partial charge < -0.3 is 10.4 Å². The lowest BCUT2D eigenvalue weighted by molar-refractivity contribution is 0.102. The topological polar surface area (TPSA) is 49.3 Å². The van der Waals surface area contributed by atoms with Crippen molar-refractivity contribution in [3.05, 3.63) is 51.5 Å². The van der Waals surface area contributed by atoms with Crippen LogP contribution in [0.4, 0.5) is 10.1 Å². The number of benzene rings is 1. The average molecular weight is 303 g/mol. The molecule has 0 saturated heterocycles. The molecule has 0 radical (unpaired) electrons. The number of hydrogen-bond acceptors (Lipinski definition) is 3. The maximum Gasteiger partial charge on any atom is 0.256 e. The predicted octanol–water partition coefficient (Wildman–Crippen LogP) is 3.18. The van der Waals surface area contributed by atoms with Crippen LogP contribution in [0.15, 0.2) is 29.6 Å². The smallest absolute Gasteiger partial charge is 0.256 e. The van der Waals surface area contributed by atoms with Crippen LogP contribution in [-0.2, 0) is 0 Å². The summed E-state index contributed by atoms with van der Waals surface area (Å²) in [6.07, 6.45) is 0.405. The molecular weight excluding hydrogens is 289 g/mol. The summed E-state index contributed by atoms with van der Waals surface area (Å²) in [6.45, 7) is 1.68. The van der Waals surface area contributed by atoms with Gasteiger partial charge in [-0.25, -0.2) is 4.39 Å². The summed E-state index contributed by atoms with van der Waals surface area (Å²) >= 11 is 1.35. The zero-order chi connectivity index (χ0) is 15.2. The Hall–Kier alpha value is -2.16. The molecule has 0 aliphatic heterocycles. The molecule has 2 aromatic rings. The van der Waals surface area contributed by atoms with Crippen molar-refractivity contribution in [3.8, 4) is 11.8 Å². The summed E-state index contributed by atoms with van der Waals surface area (Å²) in [6, 6.07) is 6.24. The first-order valence-corrected chi connectivity index (χ1v) is 7.24. The SMILES string of the molecule is Cc1ccc(NC(=O)c2csc(C#CCCO)c2)cc1F. The van der Waals surface area contributed by atoms with E-state index in [9.17, 15) is 9.18 Å². The summed E-state index contributed by atoms with van der Waals surface area (Å²) in [4.78, 5) is 12.8. The van der Waals surface area contributed by atoms with Gasteiger partial charge in [-0.05, 0) is 30.7 Å². The molecule has 0 bridgehead atoms. The molecule has 1 aromatic heterocycles. The molecule has 3 nitrogen and oxygen atoms in total. The van der Waals surface area contributed by atoms with E-state index in [0.29, 0.717) is 23.2 Å². The number of amides is 1. The first kappa shape index (κ1) is 15.2. The quantitative estimate of drug-likeness (QED) is 0.856. The molecule has 0 unspecified atom stereocenters. The van der Waals surface area contributed by atoms with Crippen LogP contribution in [0.3, 0.4) is 0 Å². The van der Waals surface area contributed by atoms with Crippen LogP contribution in [0.1, 0.15) is 27.2 Å². The molecule has 21 heavy (non-hydrogen) atoms. The van der Waals surface area contributed by atoms with Crippen molar-refractivity contribution in [2.45, 2.75) is 13.3 Å². The number of halogens is 1. The van der Waals surface area contributed by atoms with Crippen LogP contribution in [-0.4, -0.2) is 17.6 Å². The predicted molar refractivity (Wildman–Crippen MR) is 82.0 cm³/mol. The molecule has 0 aliphatic rings. The molecule has 2 N–H and O–H groups in total. The highest BCUT2D eigenvalue weighted by Crippen LogP contribution is 2.17. The van der Waals surface area contributed by atoms with E-state index in [-0.39, 0.29) is 18.3 Å². The van der Waals surface area contributed by atoms with Gasteiger partial charge in [0.15, 0.2) is 0 Å². The van der Waals surface area contributed by atoms with E-state index in [1.807, 2.05) is 0 Å². The van der Waals surface area contributed by atoms with E-state index in [1.54, 1.807) is 30.5 Å². The number of carbonyl (C=O) groups excluding carboxylic acids is 1. The molecule has 0 fully saturated rings. The molecule has 1 heterocycles. The highest BCUT2D eigenvalue weighted by molar-refractivity contribution is 7.10. The van der Waals surface area contributed by atoms with Crippen molar-refractivity contribution in [2.75, 3.05) is 11.9 Å². The van der Waals surface area contributed by atoms with E-state index < -0.39 is 0 Å². The van der Waals surface area contributed by atoms with Gasteiger partial charge >= 0.3 is 0 Å². The van der Waals surface area contributed by atoms with Gasteiger partial charge in [0.05, 0.1) is 17.0 Å². The van der Waals surface area contributed by atoms with E-state index in [0.717, 1.165) is 4.88 Å². The van der Waals surface area contributed by atoms with Crippen molar-refractivity contribution in [1.82, 2.24) is 0 Å². The third kappa shape index (κ3) is 4.15. The molecule has 0 spiro atoms. The fourth-order valence-corrected chi connectivity index (χ4v) is 2.36. The lowest BCUT2D eigenvalue weighted by Crippen LogP contribution is -2.11. The second-order valence-corrected chi connectivity index (χ2v) is 5.30. The second-order valence-electron chi connectivity index (χ2n) is 4.39. The van der Waals surface area contributed by atoms with Crippen molar-refractivity contribution < 1.29 is 14.3 Å². The van der Waals surface area contributed by atoms with Crippen molar-refractivity contribution in [2.24, 2.45) is 0 Å². The summed E-state index contributed by atoms with van der Waals surface area (Å²) in [5, 5.41) is 13.0. The van der Waals surface area contributed by atoms with E-state index in [4.69, 9.17) is 5.11 Å². The van der Waals surface area contributed by atoms with Crippen molar-refractivity contribution >= 4 is 22.9 Å². The number of anilines is 1. The fourth-order valence-electron chi connectivity index (χ4n) is 1.60. The second kappa shape index (κ2) is 7.02. The number of thiophene rings is 1. The summed E-state index contributed by atoms with van der Waals surface area (Å²) in [5.74, 6) is 5.01. The van der Waals surface area contributed by atoms with Crippen molar-refractivity contribution in [1.29, 1.82) is 0 Å². The molecule has 2 rings (SSSR count). The number of carbonyl (C=O) groups is 1. The number of aliphatic hydroxyl groups excluding tert-OH is 1. The highest BCUT2D eigenvalue weighted by Gasteiger charge is 2.09. The molecular formula is C16H14FNO2S. The van der Waals surface area contributed by atoms with Crippen LogP contribution in [0.2, 0.25) is 0 Å². The summed E-state index contributed by atoms with van der Waals surface area (Å²) < 4.78 is 13.4. The Labute approximate surface area is 126 Å². The number of rotatable bonds is 3. The van der Waals surface area contributed by atoms with Gasteiger partial charge in [0.25, 0.3) is 5.91 Å². The molecule has 108 valence electrons. The van der Waals surface area contributed by atoms with E-state index in [1.165, 1.54) is 17.4 Å². The molecule has 1 amide bonds. The van der Waals surface area contributed by atoms with Gasteiger partial charge in [0.1, 0.15) is 5.82 Å². The minimum absolute atomic E-state index is 0.0186. The largest absolute Gasteiger partial charge is 0.395 e. The van der Waals surface area contributed by atoms with Gasteiger partial charge in [0.2, 0.25) is 0 Å². The lowest BCUT2D eigenvalue weighted by atomic mass is 10.2. The van der Waals surface area contributed by atoms with Crippen molar-refractivity contribution in [3.63, 3.8) is 0 Å². The third-order valence-electron chi connectivity index (χ3n) is 2.74. The highest BCUT2D eigenvalue weighted by atomic mass is 32.1. The van der Waals surface area contributed by atoms with Gasteiger partial charge in [-0.1, -0.05) is 17.9 Å². The normalized spacial score (nSPS) is 9.86. The Bertz CT molecular complexity index is 713. The van der Waals surface area contributed by atoms with Gasteiger partial charge in [0, 0.05) is 17.5 Å². The number of nitrogens with one attached hydrogen (secondary N) is 1. The maximum absolute atomic E-state index is 13.4. The standard InChI is InChI=1S/C16H14FNO2S/c1-11-5-6-13(9-15(11)17)18-16(20)12-8-14(21-10-12)4-2-3-7-19/h5-6,8-10,19H,3,7H2,1H3,(H,18,20). The number of aryl methyl sites for hydroxylation is 1. The maximum atomic E-state index is 13.4. The first-order chi connectivity index (χ1) is 10.1.